The third-order valence-corrected chi connectivity index (χ3v) is 5.79. The summed E-state index contributed by atoms with van der Waals surface area (Å²) in [6, 6.07) is 12.0. The van der Waals surface area contributed by atoms with Gasteiger partial charge < -0.3 is 4.48 Å². The molecule has 3 heterocycles. The van der Waals surface area contributed by atoms with Gasteiger partial charge in [-0.25, -0.2) is 0 Å². The third-order valence-electron chi connectivity index (χ3n) is 4.79. The number of hydrogen-bond acceptors (Lipinski definition) is 1. The number of likely N-dealkylation sites (N-methyl/N-ethyl adjacent to an activating group) is 1. The van der Waals surface area contributed by atoms with Crippen molar-refractivity contribution in [2.24, 2.45) is 0 Å². The summed E-state index contributed by atoms with van der Waals surface area (Å²) in [4.78, 5) is 1.62. The summed E-state index contributed by atoms with van der Waals surface area (Å²) >= 11 is 1.94. The second kappa shape index (κ2) is 3.69. The van der Waals surface area contributed by atoms with E-state index in [1.807, 2.05) is 11.3 Å². The van der Waals surface area contributed by atoms with Gasteiger partial charge in [0.15, 0.2) is 0 Å². The average molecular weight is 256 g/mol. The molecule has 0 N–H and O–H groups in total. The SMILES string of the molecule is C[N+]12CCc3ccccc3C1c1ccsc1CC2. The first-order valence-corrected chi connectivity index (χ1v) is 7.64. The molecule has 0 saturated carbocycles. The van der Waals surface area contributed by atoms with Crippen molar-refractivity contribution < 1.29 is 4.48 Å². The first kappa shape index (κ1) is 10.8. The Morgan fingerprint density at radius 1 is 1.06 bits per heavy atom. The van der Waals surface area contributed by atoms with E-state index >= 15 is 0 Å². The Kier molecular flexibility index (Phi) is 2.21. The maximum Gasteiger partial charge on any atom is 0.142 e. The fourth-order valence-corrected chi connectivity index (χ4v) is 4.67. The van der Waals surface area contributed by atoms with Crippen LogP contribution >= 0.6 is 11.3 Å². The lowest BCUT2D eigenvalue weighted by Gasteiger charge is -2.48. The predicted octanol–water partition coefficient (Wildman–Crippen LogP) is 3.40. The van der Waals surface area contributed by atoms with Gasteiger partial charge in [-0.1, -0.05) is 24.3 Å². The molecule has 2 aliphatic heterocycles. The van der Waals surface area contributed by atoms with E-state index in [4.69, 9.17) is 0 Å². The van der Waals surface area contributed by atoms with Crippen LogP contribution in [0.5, 0.6) is 0 Å². The maximum absolute atomic E-state index is 2.45. The number of benzene rings is 1. The van der Waals surface area contributed by atoms with Crippen LogP contribution in [-0.4, -0.2) is 24.6 Å². The minimum atomic E-state index is 0.588. The Hall–Kier alpha value is -1.12. The van der Waals surface area contributed by atoms with E-state index in [1.54, 1.807) is 21.6 Å². The summed E-state index contributed by atoms with van der Waals surface area (Å²) in [5.41, 5.74) is 4.74. The average Bonchev–Trinajstić information content (AvgIpc) is 2.86. The standard InChI is InChI=1S/C16H18NS/c1-17-9-6-12-4-2-3-5-13(12)16(17)14-8-11-18-15(14)7-10-17/h2-5,8,11,16H,6-7,9-10H2,1H3/q+1. The Morgan fingerprint density at radius 2 is 1.89 bits per heavy atom. The molecule has 2 aliphatic rings. The first-order chi connectivity index (χ1) is 8.78. The van der Waals surface area contributed by atoms with Crippen LogP contribution in [-0.2, 0) is 12.8 Å². The van der Waals surface area contributed by atoms with Gasteiger partial charge in [0.05, 0.1) is 20.1 Å². The summed E-state index contributed by atoms with van der Waals surface area (Å²) in [5.74, 6) is 0. The predicted molar refractivity (Wildman–Crippen MR) is 75.9 cm³/mol. The van der Waals surface area contributed by atoms with Crippen molar-refractivity contribution in [1.29, 1.82) is 0 Å². The minimum absolute atomic E-state index is 0.588. The van der Waals surface area contributed by atoms with Gasteiger partial charge >= 0.3 is 0 Å². The highest BCUT2D eigenvalue weighted by Gasteiger charge is 2.43. The van der Waals surface area contributed by atoms with Gasteiger partial charge in [-0.3, -0.25) is 0 Å². The van der Waals surface area contributed by atoms with Crippen LogP contribution in [0.25, 0.3) is 0 Å². The fourth-order valence-electron chi connectivity index (χ4n) is 3.77. The molecule has 0 saturated heterocycles. The molecule has 2 heteroatoms. The van der Waals surface area contributed by atoms with Gasteiger partial charge in [-0.05, 0) is 17.0 Å². The van der Waals surface area contributed by atoms with Crippen LogP contribution < -0.4 is 0 Å². The normalized spacial score (nSPS) is 29.3. The molecule has 1 aromatic carbocycles. The van der Waals surface area contributed by atoms with Gasteiger partial charge in [-0.2, -0.15) is 0 Å². The lowest BCUT2D eigenvalue weighted by molar-refractivity contribution is -0.937. The van der Waals surface area contributed by atoms with Crippen LogP contribution in [0.4, 0.5) is 0 Å². The second-order valence-electron chi connectivity index (χ2n) is 5.83. The molecular weight excluding hydrogens is 238 g/mol. The van der Waals surface area contributed by atoms with E-state index in [-0.39, 0.29) is 0 Å². The van der Waals surface area contributed by atoms with Crippen molar-refractivity contribution in [3.63, 3.8) is 0 Å². The van der Waals surface area contributed by atoms with Crippen molar-refractivity contribution in [2.75, 3.05) is 20.1 Å². The molecule has 2 aromatic rings. The smallest absolute Gasteiger partial charge is 0.142 e. The lowest BCUT2D eigenvalue weighted by Crippen LogP contribution is -2.54. The summed E-state index contributed by atoms with van der Waals surface area (Å²) < 4.78 is 1.21. The van der Waals surface area contributed by atoms with Gasteiger partial charge in [0, 0.05) is 28.8 Å². The molecule has 0 amide bonds. The molecular formula is C16H18NS+. The molecule has 18 heavy (non-hydrogen) atoms. The van der Waals surface area contributed by atoms with Gasteiger partial charge in [0.2, 0.25) is 0 Å². The highest BCUT2D eigenvalue weighted by Crippen LogP contribution is 2.45. The lowest BCUT2D eigenvalue weighted by atomic mass is 9.84. The number of hydrogen-bond donors (Lipinski definition) is 0. The van der Waals surface area contributed by atoms with Crippen LogP contribution in [0.1, 0.15) is 27.6 Å². The van der Waals surface area contributed by atoms with Crippen LogP contribution in [0.3, 0.4) is 0 Å². The van der Waals surface area contributed by atoms with Crippen LogP contribution in [0.15, 0.2) is 35.7 Å². The molecule has 2 atom stereocenters. The molecule has 0 spiro atoms. The van der Waals surface area contributed by atoms with Gasteiger partial charge in [0.25, 0.3) is 0 Å². The molecule has 0 fully saturated rings. The Balaban J connectivity index is 1.96. The minimum Gasteiger partial charge on any atom is -0.315 e. The topological polar surface area (TPSA) is 0 Å². The van der Waals surface area contributed by atoms with Crippen LogP contribution in [0.2, 0.25) is 0 Å². The number of nitrogens with zero attached hydrogens (tertiary/aromatic N) is 1. The Morgan fingerprint density at radius 3 is 2.83 bits per heavy atom. The molecule has 1 aromatic heterocycles. The first-order valence-electron chi connectivity index (χ1n) is 6.76. The quantitative estimate of drug-likeness (QED) is 0.634. The monoisotopic (exact) mass is 256 g/mol. The van der Waals surface area contributed by atoms with Crippen molar-refractivity contribution in [2.45, 2.75) is 18.9 Å². The zero-order valence-corrected chi connectivity index (χ0v) is 11.5. The fraction of sp³-hybridized carbons (Fsp3) is 0.375. The largest absolute Gasteiger partial charge is 0.315 e. The zero-order valence-electron chi connectivity index (χ0n) is 10.7. The van der Waals surface area contributed by atoms with E-state index in [1.165, 1.54) is 30.4 Å². The van der Waals surface area contributed by atoms with E-state index < -0.39 is 0 Å². The highest BCUT2D eigenvalue weighted by atomic mass is 32.1. The van der Waals surface area contributed by atoms with Gasteiger partial charge in [-0.15, -0.1) is 11.3 Å². The van der Waals surface area contributed by atoms with E-state index in [9.17, 15) is 0 Å². The zero-order chi connectivity index (χ0) is 12.2. The second-order valence-corrected chi connectivity index (χ2v) is 6.83. The summed E-state index contributed by atoms with van der Waals surface area (Å²) in [5, 5.41) is 2.28. The molecule has 0 radical (unpaired) electrons. The molecule has 0 aliphatic carbocycles. The number of rotatable bonds is 0. The van der Waals surface area contributed by atoms with Crippen molar-refractivity contribution >= 4 is 11.3 Å². The number of fused-ring (bicyclic) bond motifs is 5. The molecule has 0 bridgehead atoms. The summed E-state index contributed by atoms with van der Waals surface area (Å²) in [6.07, 6.45) is 2.50. The third kappa shape index (κ3) is 1.36. The Labute approximate surface area is 112 Å². The highest BCUT2D eigenvalue weighted by molar-refractivity contribution is 7.10. The molecule has 2 unspecified atom stereocenters. The molecule has 1 nitrogen and oxygen atoms in total. The number of quaternary nitrogens is 1. The van der Waals surface area contributed by atoms with E-state index in [0.29, 0.717) is 6.04 Å². The van der Waals surface area contributed by atoms with Gasteiger partial charge in [0.1, 0.15) is 6.04 Å². The Bertz CT molecular complexity index is 601. The number of thiophene rings is 1. The molecule has 92 valence electrons. The van der Waals surface area contributed by atoms with Crippen molar-refractivity contribution in [3.05, 3.63) is 57.3 Å². The van der Waals surface area contributed by atoms with E-state index in [0.717, 1.165) is 0 Å². The van der Waals surface area contributed by atoms with E-state index in [2.05, 4.69) is 42.8 Å². The molecule has 4 rings (SSSR count). The van der Waals surface area contributed by atoms with Crippen LogP contribution in [0, 0.1) is 0 Å². The maximum atomic E-state index is 2.45. The van der Waals surface area contributed by atoms with Crippen molar-refractivity contribution in [1.82, 2.24) is 0 Å². The van der Waals surface area contributed by atoms with Crippen molar-refractivity contribution in [3.8, 4) is 0 Å². The summed E-state index contributed by atoms with van der Waals surface area (Å²) in [7, 11) is 2.45. The summed E-state index contributed by atoms with van der Waals surface area (Å²) in [6.45, 7) is 2.59.